The van der Waals surface area contributed by atoms with E-state index in [1.807, 2.05) is 0 Å². The maximum atomic E-state index is 7.15. The summed E-state index contributed by atoms with van der Waals surface area (Å²) < 4.78 is 26.7. The monoisotopic (exact) mass is 133 g/mol. The third-order valence-electron chi connectivity index (χ3n) is 1.40. The van der Waals surface area contributed by atoms with E-state index in [0.717, 1.165) is 0 Å². The van der Waals surface area contributed by atoms with E-state index in [9.17, 15) is 0 Å². The fourth-order valence-electron chi connectivity index (χ4n) is 0.862. The third-order valence-corrected chi connectivity index (χ3v) is 1.40. The first-order valence-corrected chi connectivity index (χ1v) is 3.11. The molecule has 0 bridgehead atoms. The van der Waals surface area contributed by atoms with E-state index in [-0.39, 0.29) is 6.10 Å². The number of ether oxygens (including phenoxy) is 1. The topological polar surface area (TPSA) is 38.5 Å². The van der Waals surface area contributed by atoms with Gasteiger partial charge in [-0.15, -0.1) is 0 Å². The van der Waals surface area contributed by atoms with E-state index >= 15 is 0 Å². The molecule has 1 rings (SSSR count). The number of hydrogen-bond acceptors (Lipinski definition) is 3. The van der Waals surface area contributed by atoms with E-state index in [4.69, 9.17) is 14.6 Å². The molecule has 0 saturated carbocycles. The predicted molar refractivity (Wildman–Crippen MR) is 36.3 cm³/mol. The van der Waals surface area contributed by atoms with Crippen molar-refractivity contribution in [1.29, 1.82) is 0 Å². The van der Waals surface area contributed by atoms with Gasteiger partial charge in [0.1, 0.15) is 0 Å². The first-order valence-electron chi connectivity index (χ1n) is 4.61. The molecule has 3 nitrogen and oxygen atoms in total. The molecule has 0 radical (unpaired) electrons. The lowest BCUT2D eigenvalue weighted by molar-refractivity contribution is -0.0138. The van der Waals surface area contributed by atoms with Gasteiger partial charge >= 0.3 is 0 Å². The highest BCUT2D eigenvalue weighted by Crippen LogP contribution is 1.99. The second-order valence-electron chi connectivity index (χ2n) is 2.17. The average Bonchev–Trinajstić information content (AvgIpc) is 2.03. The molecule has 0 aliphatic carbocycles. The Morgan fingerprint density at radius 2 is 2.89 bits per heavy atom. The van der Waals surface area contributed by atoms with Gasteiger partial charge in [0, 0.05) is 23.7 Å². The quantitative estimate of drug-likeness (QED) is 0.513. The molecule has 9 heavy (non-hydrogen) atoms. The van der Waals surface area contributed by atoms with Crippen molar-refractivity contribution in [2.24, 2.45) is 5.73 Å². The van der Waals surface area contributed by atoms with E-state index < -0.39 is 6.98 Å². The van der Waals surface area contributed by atoms with Crippen LogP contribution in [0.3, 0.4) is 0 Å². The van der Waals surface area contributed by atoms with Crippen molar-refractivity contribution in [2.75, 3.05) is 33.2 Å². The van der Waals surface area contributed by atoms with Crippen molar-refractivity contribution >= 4 is 0 Å². The number of nitrogens with two attached hydrogens (primary N) is 1. The predicted octanol–water partition coefficient (Wildman–Crippen LogP) is -0.724. The first kappa shape index (κ1) is 3.91. The second-order valence-corrected chi connectivity index (χ2v) is 2.17. The van der Waals surface area contributed by atoms with Gasteiger partial charge < -0.3 is 15.4 Å². The Labute approximate surface area is 60.0 Å². The van der Waals surface area contributed by atoms with Gasteiger partial charge in [-0.3, -0.25) is 0 Å². The zero-order valence-corrected chi connectivity index (χ0v) is 5.34. The standard InChI is InChI=1S/C6H14N2O/c1-8-2-3-9-6(4-7)5-8/h6H,2-5,7H2,1H3/t6-/m0/s1/i1D3. The highest BCUT2D eigenvalue weighted by Gasteiger charge is 2.14. The number of nitrogens with zero attached hydrogens (tertiary/aromatic N) is 1. The number of likely N-dealkylation sites (N-methyl/N-ethyl adjacent to an activating group) is 1. The lowest BCUT2D eigenvalue weighted by Gasteiger charge is -2.28. The van der Waals surface area contributed by atoms with E-state index in [1.165, 1.54) is 4.90 Å². The molecule has 2 N–H and O–H groups in total. The molecule has 0 unspecified atom stereocenters. The summed E-state index contributed by atoms with van der Waals surface area (Å²) in [6, 6.07) is 0. The molecule has 0 aromatic carbocycles. The molecule has 54 valence electrons. The van der Waals surface area contributed by atoms with Gasteiger partial charge in [-0.25, -0.2) is 0 Å². The minimum atomic E-state index is -2.00. The number of hydrogen-bond donors (Lipinski definition) is 1. The molecule has 1 saturated heterocycles. The zero-order chi connectivity index (χ0) is 9.19. The summed E-state index contributed by atoms with van der Waals surface area (Å²) in [4.78, 5) is 1.42. The maximum absolute atomic E-state index is 7.15. The molecular formula is C6H14N2O. The average molecular weight is 133 g/mol. The minimum absolute atomic E-state index is 0.126. The van der Waals surface area contributed by atoms with Crippen LogP contribution in [-0.2, 0) is 4.74 Å². The number of morpholine rings is 1. The van der Waals surface area contributed by atoms with Crippen LogP contribution < -0.4 is 5.73 Å². The van der Waals surface area contributed by atoms with Crippen LogP contribution in [0.5, 0.6) is 0 Å². The first-order chi connectivity index (χ1) is 5.54. The fourth-order valence-corrected chi connectivity index (χ4v) is 0.862. The van der Waals surface area contributed by atoms with Gasteiger partial charge in [-0.1, -0.05) is 0 Å². The molecule has 1 atom stereocenters. The van der Waals surface area contributed by atoms with Crippen molar-refractivity contribution in [3.05, 3.63) is 0 Å². The highest BCUT2D eigenvalue weighted by molar-refractivity contribution is 4.68. The Morgan fingerprint density at radius 3 is 3.56 bits per heavy atom. The molecular weight excluding hydrogens is 116 g/mol. The molecule has 0 amide bonds. The van der Waals surface area contributed by atoms with E-state index in [2.05, 4.69) is 0 Å². The molecule has 1 heterocycles. The van der Waals surface area contributed by atoms with Crippen LogP contribution >= 0.6 is 0 Å². The van der Waals surface area contributed by atoms with E-state index in [0.29, 0.717) is 26.2 Å². The summed E-state index contributed by atoms with van der Waals surface area (Å²) in [5.74, 6) is 0. The van der Waals surface area contributed by atoms with Crippen molar-refractivity contribution in [1.82, 2.24) is 4.90 Å². The Bertz CT molecular complexity index is 150. The lowest BCUT2D eigenvalue weighted by Crippen LogP contribution is -2.43. The maximum Gasteiger partial charge on any atom is 0.0824 e. The van der Waals surface area contributed by atoms with Crippen LogP contribution in [0.4, 0.5) is 0 Å². The van der Waals surface area contributed by atoms with Gasteiger partial charge in [-0.2, -0.15) is 0 Å². The highest BCUT2D eigenvalue weighted by atomic mass is 16.5. The van der Waals surface area contributed by atoms with Crippen LogP contribution in [0.15, 0.2) is 0 Å². The minimum Gasteiger partial charge on any atom is -0.374 e. The van der Waals surface area contributed by atoms with E-state index in [1.54, 1.807) is 0 Å². The van der Waals surface area contributed by atoms with Crippen molar-refractivity contribution in [2.45, 2.75) is 6.10 Å². The normalized spacial score (nSPS) is 37.0. The molecule has 0 spiro atoms. The van der Waals surface area contributed by atoms with Gasteiger partial charge in [0.15, 0.2) is 0 Å². The Morgan fingerprint density at radius 1 is 2.00 bits per heavy atom. The second kappa shape index (κ2) is 3.15. The van der Waals surface area contributed by atoms with Crippen LogP contribution in [0.1, 0.15) is 4.11 Å². The molecule has 3 heteroatoms. The molecule has 1 aliphatic heterocycles. The van der Waals surface area contributed by atoms with Crippen molar-refractivity contribution in [3.63, 3.8) is 0 Å². The molecule has 1 aliphatic rings. The summed E-state index contributed by atoms with van der Waals surface area (Å²) in [7, 11) is 0. The SMILES string of the molecule is [2H]C([2H])([2H])N1CCO[C@@H](CN)C1. The summed E-state index contributed by atoms with van der Waals surface area (Å²) in [6.45, 7) is -0.288. The van der Waals surface area contributed by atoms with Crippen LogP contribution in [0, 0.1) is 0 Å². The fraction of sp³-hybridized carbons (Fsp3) is 1.00. The summed E-state index contributed by atoms with van der Waals surface area (Å²) >= 11 is 0. The van der Waals surface area contributed by atoms with Crippen LogP contribution in [0.25, 0.3) is 0 Å². The van der Waals surface area contributed by atoms with Gasteiger partial charge in [0.05, 0.1) is 12.7 Å². The van der Waals surface area contributed by atoms with Crippen molar-refractivity contribution < 1.29 is 8.85 Å². The molecule has 1 fully saturated rings. The Hall–Kier alpha value is -0.120. The Kier molecular flexibility index (Phi) is 1.37. The summed E-state index contributed by atoms with van der Waals surface area (Å²) in [5.41, 5.74) is 5.37. The van der Waals surface area contributed by atoms with Gasteiger partial charge in [0.25, 0.3) is 0 Å². The third kappa shape index (κ3) is 1.93. The van der Waals surface area contributed by atoms with Crippen LogP contribution in [0.2, 0.25) is 0 Å². The zero-order valence-electron chi connectivity index (χ0n) is 8.34. The van der Waals surface area contributed by atoms with Crippen LogP contribution in [-0.4, -0.2) is 44.2 Å². The van der Waals surface area contributed by atoms with Gasteiger partial charge in [-0.05, 0) is 6.98 Å². The smallest absolute Gasteiger partial charge is 0.0824 e. The number of rotatable bonds is 1. The largest absolute Gasteiger partial charge is 0.374 e. The molecule has 0 aromatic heterocycles. The van der Waals surface area contributed by atoms with Crippen molar-refractivity contribution in [3.8, 4) is 0 Å². The molecule has 0 aromatic rings. The summed E-state index contributed by atoms with van der Waals surface area (Å²) in [5, 5.41) is 0. The van der Waals surface area contributed by atoms with Gasteiger partial charge in [0.2, 0.25) is 0 Å². The lowest BCUT2D eigenvalue weighted by atomic mass is 10.3. The summed E-state index contributed by atoms with van der Waals surface area (Å²) in [6.07, 6.45) is -0.126. The Balaban J connectivity index is 2.46.